The molecule has 0 bridgehead atoms. The molecule has 0 spiro atoms. The molecule has 19 heavy (non-hydrogen) atoms. The van der Waals surface area contributed by atoms with Crippen LogP contribution in [-0.2, 0) is 6.42 Å². The second-order valence-electron chi connectivity index (χ2n) is 4.61. The highest BCUT2D eigenvalue weighted by Gasteiger charge is 2.17. The summed E-state index contributed by atoms with van der Waals surface area (Å²) in [6.07, 6.45) is 2.56. The van der Waals surface area contributed by atoms with E-state index >= 15 is 0 Å². The number of fused-ring (bicyclic) bond motifs is 1. The first-order valence-electron chi connectivity index (χ1n) is 6.17. The molecule has 98 valence electrons. The van der Waals surface area contributed by atoms with E-state index in [1.54, 1.807) is 0 Å². The van der Waals surface area contributed by atoms with Crippen molar-refractivity contribution in [3.63, 3.8) is 0 Å². The number of pyridine rings is 1. The topological polar surface area (TPSA) is 31.4 Å². The fraction of sp³-hybridized carbons (Fsp3) is 0.267. The third-order valence-corrected chi connectivity index (χ3v) is 3.53. The van der Waals surface area contributed by atoms with Crippen LogP contribution < -0.4 is 9.47 Å². The molecule has 3 rings (SSSR count). The van der Waals surface area contributed by atoms with Gasteiger partial charge >= 0.3 is 0 Å². The SMILES string of the molecule is Cc1ccc(CC(Cl)c2ccc3c(c2)OCO3)nc1. The van der Waals surface area contributed by atoms with Gasteiger partial charge in [0.05, 0.1) is 5.38 Å². The van der Waals surface area contributed by atoms with E-state index in [1.165, 1.54) is 0 Å². The number of aromatic nitrogens is 1. The van der Waals surface area contributed by atoms with Gasteiger partial charge in [-0.2, -0.15) is 0 Å². The van der Waals surface area contributed by atoms with E-state index in [1.807, 2.05) is 43.5 Å². The van der Waals surface area contributed by atoms with Crippen molar-refractivity contribution < 1.29 is 9.47 Å². The molecule has 1 atom stereocenters. The van der Waals surface area contributed by atoms with Crippen LogP contribution in [0.15, 0.2) is 36.5 Å². The summed E-state index contributed by atoms with van der Waals surface area (Å²) in [7, 11) is 0. The fourth-order valence-corrected chi connectivity index (χ4v) is 2.32. The Hall–Kier alpha value is -1.74. The summed E-state index contributed by atoms with van der Waals surface area (Å²) in [5, 5.41) is -0.121. The Balaban J connectivity index is 1.76. The molecule has 0 fully saturated rings. The summed E-state index contributed by atoms with van der Waals surface area (Å²) < 4.78 is 10.6. The highest BCUT2D eigenvalue weighted by Crippen LogP contribution is 2.36. The van der Waals surface area contributed by atoms with Crippen LogP contribution in [0.1, 0.15) is 22.2 Å². The average Bonchev–Trinajstić information content (AvgIpc) is 2.88. The van der Waals surface area contributed by atoms with Crippen LogP contribution in [0.25, 0.3) is 0 Å². The molecule has 0 amide bonds. The Morgan fingerprint density at radius 3 is 2.84 bits per heavy atom. The predicted octanol–water partition coefficient (Wildman–Crippen LogP) is 3.64. The number of alkyl halides is 1. The number of ether oxygens (including phenoxy) is 2. The number of hydrogen-bond donors (Lipinski definition) is 0. The number of rotatable bonds is 3. The van der Waals surface area contributed by atoms with Crippen molar-refractivity contribution in [1.82, 2.24) is 4.98 Å². The normalized spacial score (nSPS) is 14.4. The van der Waals surface area contributed by atoms with Crippen molar-refractivity contribution >= 4 is 11.6 Å². The number of nitrogens with zero attached hydrogens (tertiary/aromatic N) is 1. The number of aryl methyl sites for hydroxylation is 1. The van der Waals surface area contributed by atoms with Crippen LogP contribution in [0.2, 0.25) is 0 Å². The van der Waals surface area contributed by atoms with Gasteiger partial charge in [0.15, 0.2) is 11.5 Å². The van der Waals surface area contributed by atoms with Crippen LogP contribution in [0.5, 0.6) is 11.5 Å². The molecule has 1 aromatic carbocycles. The highest BCUT2D eigenvalue weighted by molar-refractivity contribution is 6.20. The maximum absolute atomic E-state index is 6.45. The Morgan fingerprint density at radius 2 is 2.05 bits per heavy atom. The first kappa shape index (κ1) is 12.3. The largest absolute Gasteiger partial charge is 0.454 e. The predicted molar refractivity (Wildman–Crippen MR) is 73.8 cm³/mol. The van der Waals surface area contributed by atoms with Crippen LogP contribution in [-0.4, -0.2) is 11.8 Å². The highest BCUT2D eigenvalue weighted by atomic mass is 35.5. The van der Waals surface area contributed by atoms with E-state index in [0.29, 0.717) is 6.42 Å². The molecule has 1 aromatic heterocycles. The molecule has 0 N–H and O–H groups in total. The van der Waals surface area contributed by atoms with Crippen LogP contribution in [0, 0.1) is 6.92 Å². The van der Waals surface area contributed by atoms with Crippen LogP contribution >= 0.6 is 11.6 Å². The Kier molecular flexibility index (Phi) is 3.30. The van der Waals surface area contributed by atoms with E-state index in [4.69, 9.17) is 21.1 Å². The molecule has 2 aromatic rings. The maximum Gasteiger partial charge on any atom is 0.231 e. The molecular weight excluding hydrogens is 262 g/mol. The van der Waals surface area contributed by atoms with Crippen molar-refractivity contribution in [1.29, 1.82) is 0 Å². The van der Waals surface area contributed by atoms with Crippen molar-refractivity contribution in [2.24, 2.45) is 0 Å². The van der Waals surface area contributed by atoms with Gasteiger partial charge in [0.25, 0.3) is 0 Å². The summed E-state index contributed by atoms with van der Waals surface area (Å²) in [5.41, 5.74) is 3.16. The second-order valence-corrected chi connectivity index (χ2v) is 5.14. The van der Waals surface area contributed by atoms with Gasteiger partial charge in [0.1, 0.15) is 0 Å². The zero-order valence-corrected chi connectivity index (χ0v) is 11.4. The molecule has 0 saturated heterocycles. The Morgan fingerprint density at radius 1 is 1.21 bits per heavy atom. The lowest BCUT2D eigenvalue weighted by molar-refractivity contribution is 0.174. The number of hydrogen-bond acceptors (Lipinski definition) is 3. The third-order valence-electron chi connectivity index (χ3n) is 3.12. The molecule has 1 unspecified atom stereocenters. The van der Waals surface area contributed by atoms with Gasteiger partial charge in [0, 0.05) is 18.3 Å². The zero-order valence-electron chi connectivity index (χ0n) is 10.6. The van der Waals surface area contributed by atoms with Crippen molar-refractivity contribution in [2.75, 3.05) is 6.79 Å². The third kappa shape index (κ3) is 2.66. The van der Waals surface area contributed by atoms with Gasteiger partial charge in [-0.3, -0.25) is 4.98 Å². The fourth-order valence-electron chi connectivity index (χ4n) is 2.03. The van der Waals surface area contributed by atoms with Crippen LogP contribution in [0.3, 0.4) is 0 Å². The molecule has 0 saturated carbocycles. The van der Waals surface area contributed by atoms with Crippen molar-refractivity contribution in [2.45, 2.75) is 18.7 Å². The standard InChI is InChI=1S/C15H14ClNO2/c1-10-2-4-12(17-8-10)7-13(16)11-3-5-14-15(6-11)19-9-18-14/h2-6,8,13H,7,9H2,1H3. The summed E-state index contributed by atoms with van der Waals surface area (Å²) in [6, 6.07) is 9.87. The average molecular weight is 276 g/mol. The number of benzene rings is 1. The molecule has 0 radical (unpaired) electrons. The smallest absolute Gasteiger partial charge is 0.231 e. The molecule has 4 heteroatoms. The minimum absolute atomic E-state index is 0.121. The molecule has 0 aliphatic carbocycles. The summed E-state index contributed by atoms with van der Waals surface area (Å²) in [5.74, 6) is 1.54. The van der Waals surface area contributed by atoms with E-state index in [0.717, 1.165) is 28.3 Å². The minimum Gasteiger partial charge on any atom is -0.454 e. The maximum atomic E-state index is 6.45. The molecule has 3 nitrogen and oxygen atoms in total. The van der Waals surface area contributed by atoms with E-state index in [-0.39, 0.29) is 12.2 Å². The van der Waals surface area contributed by atoms with Crippen molar-refractivity contribution in [3.05, 3.63) is 53.3 Å². The lowest BCUT2D eigenvalue weighted by Gasteiger charge is -2.10. The van der Waals surface area contributed by atoms with Gasteiger partial charge in [0.2, 0.25) is 6.79 Å². The molecule has 1 aliphatic heterocycles. The van der Waals surface area contributed by atoms with E-state index < -0.39 is 0 Å². The summed E-state index contributed by atoms with van der Waals surface area (Å²) in [6.45, 7) is 2.30. The lowest BCUT2D eigenvalue weighted by atomic mass is 10.1. The van der Waals surface area contributed by atoms with Gasteiger partial charge in [-0.05, 0) is 36.2 Å². The first-order chi connectivity index (χ1) is 9.22. The van der Waals surface area contributed by atoms with E-state index in [2.05, 4.69) is 4.98 Å². The summed E-state index contributed by atoms with van der Waals surface area (Å²) in [4.78, 5) is 4.38. The molecule has 1 aliphatic rings. The molecular formula is C15H14ClNO2. The monoisotopic (exact) mass is 275 g/mol. The zero-order chi connectivity index (χ0) is 13.2. The minimum atomic E-state index is -0.121. The first-order valence-corrected chi connectivity index (χ1v) is 6.61. The van der Waals surface area contributed by atoms with E-state index in [9.17, 15) is 0 Å². The Bertz CT molecular complexity index is 583. The van der Waals surface area contributed by atoms with Gasteiger partial charge in [-0.15, -0.1) is 11.6 Å². The lowest BCUT2D eigenvalue weighted by Crippen LogP contribution is -1.98. The summed E-state index contributed by atoms with van der Waals surface area (Å²) >= 11 is 6.45. The van der Waals surface area contributed by atoms with Crippen LogP contribution in [0.4, 0.5) is 0 Å². The van der Waals surface area contributed by atoms with Gasteiger partial charge < -0.3 is 9.47 Å². The molecule has 2 heterocycles. The quantitative estimate of drug-likeness (QED) is 0.802. The van der Waals surface area contributed by atoms with Crippen molar-refractivity contribution in [3.8, 4) is 11.5 Å². The Labute approximate surface area is 117 Å². The van der Waals surface area contributed by atoms with Gasteiger partial charge in [-0.1, -0.05) is 12.1 Å². The van der Waals surface area contributed by atoms with Gasteiger partial charge in [-0.25, -0.2) is 0 Å². The second kappa shape index (κ2) is 5.10. The number of halogens is 1.